The molecule has 2 aliphatic heterocycles. The Balaban J connectivity index is 0.00000108. The molecule has 0 radical (unpaired) electrons. The van der Waals surface area contributed by atoms with E-state index >= 15 is 0 Å². The second-order valence-electron chi connectivity index (χ2n) is 4.37. The van der Waals surface area contributed by atoms with Crippen molar-refractivity contribution in [1.29, 1.82) is 0 Å². The van der Waals surface area contributed by atoms with Crippen molar-refractivity contribution in [3.05, 3.63) is 28.2 Å². The minimum Gasteiger partial charge on any atom is -0.315 e. The molecular formula is C12H14BrClN2O. The molecule has 1 aromatic carbocycles. The Morgan fingerprint density at radius 1 is 1.41 bits per heavy atom. The molecule has 0 spiro atoms. The molecule has 5 heteroatoms. The molecule has 1 aromatic rings. The molecule has 1 fully saturated rings. The van der Waals surface area contributed by atoms with Gasteiger partial charge < -0.3 is 10.2 Å². The van der Waals surface area contributed by atoms with Crippen molar-refractivity contribution in [1.82, 2.24) is 5.32 Å². The summed E-state index contributed by atoms with van der Waals surface area (Å²) in [6, 6.07) is 6.19. The molecule has 1 N–H and O–H groups in total. The van der Waals surface area contributed by atoms with Crippen molar-refractivity contribution in [2.75, 3.05) is 24.5 Å². The lowest BCUT2D eigenvalue weighted by molar-refractivity contribution is -0.123. The highest BCUT2D eigenvalue weighted by atomic mass is 79.9. The molecule has 0 unspecified atom stereocenters. The van der Waals surface area contributed by atoms with E-state index in [-0.39, 0.29) is 24.2 Å². The second-order valence-corrected chi connectivity index (χ2v) is 5.28. The third kappa shape index (κ3) is 2.21. The van der Waals surface area contributed by atoms with Crippen molar-refractivity contribution >= 4 is 39.9 Å². The minimum absolute atomic E-state index is 0. The van der Waals surface area contributed by atoms with E-state index in [2.05, 4.69) is 27.3 Å². The lowest BCUT2D eigenvalue weighted by atomic mass is 10.0. The molecule has 0 bridgehead atoms. The highest BCUT2D eigenvalue weighted by Gasteiger charge is 2.33. The molecule has 1 saturated heterocycles. The number of benzene rings is 1. The van der Waals surface area contributed by atoms with Crippen molar-refractivity contribution in [2.45, 2.75) is 6.42 Å². The Hall–Kier alpha value is -0.580. The largest absolute Gasteiger partial charge is 0.315 e. The van der Waals surface area contributed by atoms with Gasteiger partial charge in [-0.25, -0.2) is 0 Å². The van der Waals surface area contributed by atoms with Crippen molar-refractivity contribution in [3.8, 4) is 0 Å². The number of hydrogen-bond donors (Lipinski definition) is 1. The fraction of sp³-hybridized carbons (Fsp3) is 0.417. The van der Waals surface area contributed by atoms with Crippen LogP contribution in [0.5, 0.6) is 0 Å². The summed E-state index contributed by atoms with van der Waals surface area (Å²) in [6.07, 6.45) is 0.981. The van der Waals surface area contributed by atoms with E-state index in [1.54, 1.807) is 0 Å². The third-order valence-electron chi connectivity index (χ3n) is 3.34. The summed E-state index contributed by atoms with van der Waals surface area (Å²) in [5, 5.41) is 3.14. The van der Waals surface area contributed by atoms with Crippen LogP contribution < -0.4 is 10.2 Å². The molecule has 17 heavy (non-hydrogen) atoms. The lowest BCUT2D eigenvalue weighted by Crippen LogP contribution is -2.51. The smallest absolute Gasteiger partial charge is 0.232 e. The van der Waals surface area contributed by atoms with Crippen LogP contribution in [0.15, 0.2) is 22.7 Å². The summed E-state index contributed by atoms with van der Waals surface area (Å²) in [5.41, 5.74) is 2.37. The van der Waals surface area contributed by atoms with Crippen LogP contribution in [0.3, 0.4) is 0 Å². The lowest BCUT2D eigenvalue weighted by Gasteiger charge is -2.30. The fourth-order valence-electron chi connectivity index (χ4n) is 2.26. The number of nitrogens with zero attached hydrogens (tertiary/aromatic N) is 1. The van der Waals surface area contributed by atoms with Crippen LogP contribution in [0.25, 0.3) is 0 Å². The van der Waals surface area contributed by atoms with Crippen LogP contribution in [0, 0.1) is 5.92 Å². The van der Waals surface area contributed by atoms with Crippen LogP contribution >= 0.6 is 28.3 Å². The van der Waals surface area contributed by atoms with Gasteiger partial charge in [0.15, 0.2) is 0 Å². The van der Waals surface area contributed by atoms with E-state index in [0.717, 1.165) is 36.2 Å². The van der Waals surface area contributed by atoms with Gasteiger partial charge in [-0.15, -0.1) is 12.4 Å². The predicted octanol–water partition coefficient (Wildman–Crippen LogP) is 1.98. The Kier molecular flexibility index (Phi) is 3.76. The molecule has 2 aliphatic rings. The predicted molar refractivity (Wildman–Crippen MR) is 73.8 cm³/mol. The molecule has 0 aliphatic carbocycles. The van der Waals surface area contributed by atoms with Gasteiger partial charge in [-0.2, -0.15) is 0 Å². The number of fused-ring (bicyclic) bond motifs is 1. The molecule has 3 rings (SSSR count). The van der Waals surface area contributed by atoms with E-state index in [4.69, 9.17) is 0 Å². The zero-order chi connectivity index (χ0) is 11.1. The maximum Gasteiger partial charge on any atom is 0.232 e. The molecule has 1 amide bonds. The summed E-state index contributed by atoms with van der Waals surface area (Å²) < 4.78 is 1.04. The van der Waals surface area contributed by atoms with Gasteiger partial charge in [0.25, 0.3) is 0 Å². The maximum absolute atomic E-state index is 12.2. The van der Waals surface area contributed by atoms with Crippen molar-refractivity contribution in [2.24, 2.45) is 5.92 Å². The summed E-state index contributed by atoms with van der Waals surface area (Å²) in [5.74, 6) is 0.459. The van der Waals surface area contributed by atoms with Crippen molar-refractivity contribution in [3.63, 3.8) is 0 Å². The Morgan fingerprint density at radius 3 is 2.82 bits per heavy atom. The summed E-state index contributed by atoms with van der Waals surface area (Å²) >= 11 is 3.46. The maximum atomic E-state index is 12.2. The topological polar surface area (TPSA) is 32.3 Å². The summed E-state index contributed by atoms with van der Waals surface area (Å²) in [7, 11) is 0. The monoisotopic (exact) mass is 316 g/mol. The zero-order valence-electron chi connectivity index (χ0n) is 9.28. The average Bonchev–Trinajstić information content (AvgIpc) is 2.57. The van der Waals surface area contributed by atoms with Gasteiger partial charge in [0.1, 0.15) is 0 Å². The fourth-order valence-corrected chi connectivity index (χ4v) is 2.61. The summed E-state index contributed by atoms with van der Waals surface area (Å²) in [6.45, 7) is 2.50. The molecule has 3 nitrogen and oxygen atoms in total. The van der Waals surface area contributed by atoms with E-state index in [0.29, 0.717) is 0 Å². The van der Waals surface area contributed by atoms with Crippen LogP contribution in [0.1, 0.15) is 5.56 Å². The highest BCUT2D eigenvalue weighted by molar-refractivity contribution is 9.10. The third-order valence-corrected chi connectivity index (χ3v) is 3.83. The van der Waals surface area contributed by atoms with Crippen molar-refractivity contribution < 1.29 is 4.79 Å². The number of anilines is 1. The van der Waals surface area contributed by atoms with E-state index < -0.39 is 0 Å². The molecule has 92 valence electrons. The normalized spacial score (nSPS) is 18.3. The first kappa shape index (κ1) is 12.9. The van der Waals surface area contributed by atoms with Gasteiger partial charge in [-0.05, 0) is 24.1 Å². The molecule has 0 aromatic heterocycles. The first-order chi connectivity index (χ1) is 7.75. The van der Waals surface area contributed by atoms with Crippen LogP contribution in [0.2, 0.25) is 0 Å². The highest BCUT2D eigenvalue weighted by Crippen LogP contribution is 2.32. The number of nitrogens with one attached hydrogen (secondary N) is 1. The number of hydrogen-bond acceptors (Lipinski definition) is 2. The van der Waals surface area contributed by atoms with Crippen LogP contribution in [-0.4, -0.2) is 25.5 Å². The van der Waals surface area contributed by atoms with Gasteiger partial charge in [0.05, 0.1) is 5.92 Å². The first-order valence-electron chi connectivity index (χ1n) is 5.56. The van der Waals surface area contributed by atoms with Gasteiger partial charge in [-0.3, -0.25) is 4.79 Å². The Bertz CT molecular complexity index is 448. The number of carbonyl (C=O) groups is 1. The molecular weight excluding hydrogens is 304 g/mol. The summed E-state index contributed by atoms with van der Waals surface area (Å²) in [4.78, 5) is 14.1. The van der Waals surface area contributed by atoms with Gasteiger partial charge >= 0.3 is 0 Å². The zero-order valence-corrected chi connectivity index (χ0v) is 11.7. The molecule has 0 atom stereocenters. The SMILES string of the molecule is Cl.O=C(C1CNC1)N1CCc2ccc(Br)cc21. The minimum atomic E-state index is 0. The van der Waals surface area contributed by atoms with Gasteiger partial charge in [0, 0.05) is 29.8 Å². The average molecular weight is 318 g/mol. The van der Waals surface area contributed by atoms with Gasteiger partial charge in [-0.1, -0.05) is 22.0 Å². The second kappa shape index (κ2) is 4.96. The van der Waals surface area contributed by atoms with Crippen LogP contribution in [0.4, 0.5) is 5.69 Å². The number of halogens is 2. The number of rotatable bonds is 1. The van der Waals surface area contributed by atoms with E-state index in [1.165, 1.54) is 5.56 Å². The van der Waals surface area contributed by atoms with E-state index in [9.17, 15) is 4.79 Å². The van der Waals surface area contributed by atoms with Gasteiger partial charge in [0.2, 0.25) is 5.91 Å². The first-order valence-corrected chi connectivity index (χ1v) is 6.35. The quantitative estimate of drug-likeness (QED) is 0.859. The van der Waals surface area contributed by atoms with Crippen LogP contribution in [-0.2, 0) is 11.2 Å². The molecule has 2 heterocycles. The number of carbonyl (C=O) groups excluding carboxylic acids is 1. The van der Waals surface area contributed by atoms with E-state index in [1.807, 2.05) is 17.0 Å². The Labute approximate surface area is 115 Å². The standard InChI is InChI=1S/C12H13BrN2O.ClH/c13-10-2-1-8-3-4-15(11(8)5-10)12(16)9-6-14-7-9;/h1-2,5,9,14H,3-4,6-7H2;1H. The Morgan fingerprint density at radius 2 is 2.18 bits per heavy atom. The molecule has 0 saturated carbocycles. The number of amides is 1.